The molecular formula is C27H23F3N4O2. The van der Waals surface area contributed by atoms with Crippen molar-refractivity contribution in [2.75, 3.05) is 28.6 Å². The molecule has 0 saturated heterocycles. The Hall–Kier alpha value is -4.53. The van der Waals surface area contributed by atoms with Crippen molar-refractivity contribution in [3.8, 4) is 0 Å². The lowest BCUT2D eigenvalue weighted by molar-refractivity contribution is -0.137. The van der Waals surface area contributed by atoms with Crippen LogP contribution in [0, 0.1) is 0 Å². The number of rotatable bonds is 6. The molecule has 3 N–H and O–H groups in total. The molecule has 36 heavy (non-hydrogen) atoms. The van der Waals surface area contributed by atoms with Crippen molar-refractivity contribution in [2.45, 2.75) is 6.18 Å². The summed E-state index contributed by atoms with van der Waals surface area (Å²) in [7, 11) is 0. The number of amides is 4. The number of hydrogen-bond donors (Lipinski definition) is 3. The van der Waals surface area contributed by atoms with E-state index in [9.17, 15) is 22.8 Å². The Balaban J connectivity index is 1.42. The molecule has 4 amide bonds. The molecule has 0 heterocycles. The molecule has 6 nitrogen and oxygen atoms in total. The molecule has 184 valence electrons. The highest BCUT2D eigenvalue weighted by Crippen LogP contribution is 2.31. The molecule has 0 atom stereocenters. The third kappa shape index (κ3) is 6.12. The lowest BCUT2D eigenvalue weighted by Crippen LogP contribution is -2.42. The van der Waals surface area contributed by atoms with Crippen molar-refractivity contribution in [3.63, 3.8) is 0 Å². The molecule has 0 aliphatic carbocycles. The number of nitrogens with one attached hydrogen (secondary N) is 3. The molecule has 0 saturated carbocycles. The number of fused-ring (bicyclic) bond motifs is 1. The highest BCUT2D eigenvalue weighted by Gasteiger charge is 2.30. The van der Waals surface area contributed by atoms with Gasteiger partial charge in [0, 0.05) is 29.9 Å². The van der Waals surface area contributed by atoms with Gasteiger partial charge in [0.25, 0.3) is 0 Å². The molecule has 0 aliphatic rings. The Morgan fingerprint density at radius 2 is 1.47 bits per heavy atom. The minimum Gasteiger partial charge on any atom is -0.336 e. The number of urea groups is 2. The van der Waals surface area contributed by atoms with E-state index >= 15 is 0 Å². The second-order valence-corrected chi connectivity index (χ2v) is 7.90. The van der Waals surface area contributed by atoms with Gasteiger partial charge in [-0.05, 0) is 41.8 Å². The van der Waals surface area contributed by atoms with Crippen molar-refractivity contribution >= 4 is 39.9 Å². The maximum Gasteiger partial charge on any atom is 0.416 e. The van der Waals surface area contributed by atoms with Crippen molar-refractivity contribution < 1.29 is 22.8 Å². The normalized spacial score (nSPS) is 11.1. The van der Waals surface area contributed by atoms with Crippen LogP contribution in [-0.4, -0.2) is 25.2 Å². The second-order valence-electron chi connectivity index (χ2n) is 7.90. The third-order valence-electron chi connectivity index (χ3n) is 5.41. The van der Waals surface area contributed by atoms with Gasteiger partial charge in [0.2, 0.25) is 0 Å². The summed E-state index contributed by atoms with van der Waals surface area (Å²) in [5.41, 5.74) is 0.321. The summed E-state index contributed by atoms with van der Waals surface area (Å²) in [5, 5.41) is 9.92. The average molecular weight is 493 g/mol. The fourth-order valence-electron chi connectivity index (χ4n) is 3.70. The lowest BCUT2D eigenvalue weighted by atomic mass is 10.1. The summed E-state index contributed by atoms with van der Waals surface area (Å²) in [6.45, 7) is 0.180. The van der Waals surface area contributed by atoms with E-state index in [2.05, 4.69) is 16.0 Å². The minimum atomic E-state index is -4.53. The summed E-state index contributed by atoms with van der Waals surface area (Å²) < 4.78 is 39.1. The van der Waals surface area contributed by atoms with E-state index in [1.54, 1.807) is 36.4 Å². The summed E-state index contributed by atoms with van der Waals surface area (Å²) >= 11 is 0. The van der Waals surface area contributed by atoms with Crippen LogP contribution in [0.25, 0.3) is 10.8 Å². The maximum absolute atomic E-state index is 13.0. The summed E-state index contributed by atoms with van der Waals surface area (Å²) in [5.74, 6) is 0. The molecule has 0 radical (unpaired) electrons. The largest absolute Gasteiger partial charge is 0.416 e. The smallest absolute Gasteiger partial charge is 0.336 e. The number of para-hydroxylation sites is 1. The summed E-state index contributed by atoms with van der Waals surface area (Å²) in [4.78, 5) is 26.9. The zero-order chi connectivity index (χ0) is 25.5. The van der Waals surface area contributed by atoms with E-state index in [0.717, 1.165) is 22.9 Å². The molecule has 4 aromatic carbocycles. The van der Waals surface area contributed by atoms with Crippen LogP contribution in [0.5, 0.6) is 0 Å². The number of alkyl halides is 3. The topological polar surface area (TPSA) is 73.5 Å². The number of benzene rings is 4. The first-order valence-corrected chi connectivity index (χ1v) is 11.1. The first-order valence-electron chi connectivity index (χ1n) is 11.1. The fourth-order valence-corrected chi connectivity index (χ4v) is 3.70. The molecule has 0 aromatic heterocycles. The summed E-state index contributed by atoms with van der Waals surface area (Å²) in [6, 6.07) is 25.2. The lowest BCUT2D eigenvalue weighted by Gasteiger charge is -2.24. The first-order chi connectivity index (χ1) is 17.3. The highest BCUT2D eigenvalue weighted by atomic mass is 19.4. The zero-order valence-corrected chi connectivity index (χ0v) is 19.0. The predicted molar refractivity (Wildman–Crippen MR) is 135 cm³/mol. The molecular weight excluding hydrogens is 469 g/mol. The van der Waals surface area contributed by atoms with Crippen molar-refractivity contribution in [2.24, 2.45) is 0 Å². The SMILES string of the molecule is O=C(NCCN(C(=O)Nc1cccc(C(F)(F)F)c1)c1ccccc1)Nc1cccc2ccccc12. The van der Waals surface area contributed by atoms with Gasteiger partial charge in [0.1, 0.15) is 0 Å². The molecule has 0 bridgehead atoms. The Labute approximate surface area is 205 Å². The van der Waals surface area contributed by atoms with Gasteiger partial charge in [-0.25, -0.2) is 9.59 Å². The average Bonchev–Trinajstić information content (AvgIpc) is 2.87. The van der Waals surface area contributed by atoms with E-state index in [1.165, 1.54) is 17.0 Å². The van der Waals surface area contributed by atoms with E-state index in [-0.39, 0.29) is 18.8 Å². The van der Waals surface area contributed by atoms with Gasteiger partial charge in [-0.15, -0.1) is 0 Å². The van der Waals surface area contributed by atoms with Gasteiger partial charge in [-0.1, -0.05) is 60.7 Å². The van der Waals surface area contributed by atoms with Crippen LogP contribution in [0.1, 0.15) is 5.56 Å². The molecule has 0 fully saturated rings. The van der Waals surface area contributed by atoms with Crippen LogP contribution in [0.2, 0.25) is 0 Å². The Kier molecular flexibility index (Phi) is 7.39. The molecule has 9 heteroatoms. The number of anilines is 3. The van der Waals surface area contributed by atoms with Crippen molar-refractivity contribution in [3.05, 3.63) is 103 Å². The summed E-state index contributed by atoms with van der Waals surface area (Å²) in [6.07, 6.45) is -4.53. The molecule has 0 unspecified atom stereocenters. The number of carbonyl (C=O) groups excluding carboxylic acids is 2. The van der Waals surface area contributed by atoms with E-state index in [4.69, 9.17) is 0 Å². The predicted octanol–water partition coefficient (Wildman–Crippen LogP) is 6.72. The van der Waals surface area contributed by atoms with Crippen molar-refractivity contribution in [1.82, 2.24) is 5.32 Å². The highest BCUT2D eigenvalue weighted by molar-refractivity contribution is 6.03. The Bertz CT molecular complexity index is 1350. The van der Waals surface area contributed by atoms with Crippen LogP contribution in [-0.2, 0) is 6.18 Å². The fraction of sp³-hybridized carbons (Fsp3) is 0.111. The molecule has 4 aromatic rings. The number of hydrogen-bond acceptors (Lipinski definition) is 2. The van der Waals surface area contributed by atoms with E-state index < -0.39 is 23.8 Å². The minimum absolute atomic E-state index is 0.0115. The van der Waals surface area contributed by atoms with Gasteiger partial charge >= 0.3 is 18.2 Å². The van der Waals surface area contributed by atoms with Crippen molar-refractivity contribution in [1.29, 1.82) is 0 Å². The van der Waals surface area contributed by atoms with Gasteiger partial charge in [-0.3, -0.25) is 4.90 Å². The molecule has 4 rings (SSSR count). The quantitative estimate of drug-likeness (QED) is 0.280. The van der Waals surface area contributed by atoms with E-state index in [0.29, 0.717) is 11.4 Å². The Morgan fingerprint density at radius 1 is 0.778 bits per heavy atom. The number of nitrogens with zero attached hydrogens (tertiary/aromatic N) is 1. The van der Waals surface area contributed by atoms with Gasteiger partial charge in [0.15, 0.2) is 0 Å². The molecule has 0 aliphatic heterocycles. The zero-order valence-electron chi connectivity index (χ0n) is 19.0. The van der Waals surface area contributed by atoms with Gasteiger partial charge in [-0.2, -0.15) is 13.2 Å². The third-order valence-corrected chi connectivity index (χ3v) is 5.41. The van der Waals surface area contributed by atoms with Crippen LogP contribution >= 0.6 is 0 Å². The second kappa shape index (κ2) is 10.8. The Morgan fingerprint density at radius 3 is 2.25 bits per heavy atom. The number of halogens is 3. The monoisotopic (exact) mass is 492 g/mol. The van der Waals surface area contributed by atoms with Crippen LogP contribution in [0.15, 0.2) is 97.1 Å². The van der Waals surface area contributed by atoms with Crippen LogP contribution in [0.3, 0.4) is 0 Å². The molecule has 0 spiro atoms. The standard InChI is InChI=1S/C27H23F3N4O2/c28-27(29,30)20-10-7-11-21(18-20)32-26(36)34(22-12-2-1-3-13-22)17-16-31-25(35)33-24-15-6-9-19-8-4-5-14-23(19)24/h1-15,18H,16-17H2,(H,32,36)(H2,31,33,35). The van der Waals surface area contributed by atoms with E-state index in [1.807, 2.05) is 36.4 Å². The first kappa shape index (κ1) is 24.6. The number of carbonyl (C=O) groups is 2. The van der Waals surface area contributed by atoms with Gasteiger partial charge in [0.05, 0.1) is 11.3 Å². The maximum atomic E-state index is 13.0. The van der Waals surface area contributed by atoms with Crippen LogP contribution in [0.4, 0.5) is 39.8 Å². The van der Waals surface area contributed by atoms with Gasteiger partial charge < -0.3 is 16.0 Å². The van der Waals surface area contributed by atoms with Crippen LogP contribution < -0.4 is 20.9 Å².